The van der Waals surface area contributed by atoms with E-state index in [1.807, 2.05) is 27.2 Å². The van der Waals surface area contributed by atoms with Gasteiger partial charge >= 0.3 is 0 Å². The fraction of sp³-hybridized carbons (Fsp3) is 0. The van der Waals surface area contributed by atoms with Gasteiger partial charge in [0.15, 0.2) is 0 Å². The Kier molecular flexibility index (Phi) is 1.52. The molecule has 0 saturated heterocycles. The smallest absolute Gasteiger partial charge is 0.124 e. The first-order chi connectivity index (χ1) is 5.29. The van der Waals surface area contributed by atoms with Crippen LogP contribution >= 0.6 is 22.9 Å². The van der Waals surface area contributed by atoms with E-state index < -0.39 is 0 Å². The van der Waals surface area contributed by atoms with Crippen molar-refractivity contribution in [2.24, 2.45) is 0 Å². The topological polar surface area (TPSA) is 25.2 Å². The van der Waals surface area contributed by atoms with Crippen LogP contribution in [0.25, 0.3) is 10.9 Å². The number of aromatic nitrogens is 1. The van der Waals surface area contributed by atoms with Crippen molar-refractivity contribution in [3.8, 4) is 5.75 Å². The average molecular weight is 259 g/mol. The minimum Gasteiger partial charge on any atom is -0.507 e. The van der Waals surface area contributed by atoms with Crippen molar-refractivity contribution < 1.29 is 5.11 Å². The number of nitrogens with zero attached hydrogens (tertiary/aromatic N) is 1. The zero-order valence-corrected chi connectivity index (χ0v) is 7.82. The first kappa shape index (κ1) is 6.97. The van der Waals surface area contributed by atoms with Gasteiger partial charge in [0.05, 0.1) is 28.4 Å². The molecule has 1 aromatic carbocycles. The van der Waals surface area contributed by atoms with Crippen LogP contribution in [0.4, 0.5) is 0 Å². The Hall–Kier alpha value is -0.710. The molecule has 0 amide bonds. The number of fused-ring (bicyclic) bond motifs is 1. The van der Waals surface area contributed by atoms with Gasteiger partial charge in [0.1, 0.15) is 5.75 Å². The molecular formula is C8H6INO. The maximum Gasteiger partial charge on any atom is 0.124 e. The standard InChI is InChI=1S/C8H6INO/c9-10-5-4-6-7(10)2-1-3-8(6)11/h1-5,11H. The summed E-state index contributed by atoms with van der Waals surface area (Å²) in [6.07, 6.45) is 1.92. The van der Waals surface area contributed by atoms with Crippen molar-refractivity contribution in [1.82, 2.24) is 2.78 Å². The van der Waals surface area contributed by atoms with Crippen molar-refractivity contribution >= 4 is 33.8 Å². The fourth-order valence-corrected chi connectivity index (χ4v) is 1.70. The molecule has 2 aromatic rings. The molecule has 0 aliphatic heterocycles. The summed E-state index contributed by atoms with van der Waals surface area (Å²) in [5.74, 6) is 0.345. The number of phenols is 1. The molecule has 2 rings (SSSR count). The highest BCUT2D eigenvalue weighted by atomic mass is 127. The minimum absolute atomic E-state index is 0.345. The van der Waals surface area contributed by atoms with E-state index in [9.17, 15) is 5.11 Å². The summed E-state index contributed by atoms with van der Waals surface area (Å²) < 4.78 is 1.95. The summed E-state index contributed by atoms with van der Waals surface area (Å²) in [6, 6.07) is 7.41. The lowest BCUT2D eigenvalue weighted by Gasteiger charge is -1.94. The maximum absolute atomic E-state index is 9.37. The molecule has 1 N–H and O–H groups in total. The van der Waals surface area contributed by atoms with E-state index in [4.69, 9.17) is 0 Å². The highest BCUT2D eigenvalue weighted by Gasteiger charge is 2.00. The third kappa shape index (κ3) is 0.994. The minimum atomic E-state index is 0.345. The molecule has 0 saturated carbocycles. The fourth-order valence-electron chi connectivity index (χ4n) is 1.12. The Morgan fingerprint density at radius 1 is 1.27 bits per heavy atom. The molecule has 2 nitrogen and oxygen atoms in total. The number of hydrogen-bond acceptors (Lipinski definition) is 1. The lowest BCUT2D eigenvalue weighted by atomic mass is 10.2. The van der Waals surface area contributed by atoms with Gasteiger partial charge in [0.2, 0.25) is 0 Å². The van der Waals surface area contributed by atoms with Gasteiger partial charge in [0, 0.05) is 11.6 Å². The Morgan fingerprint density at radius 3 is 2.82 bits per heavy atom. The van der Waals surface area contributed by atoms with E-state index in [1.54, 1.807) is 6.07 Å². The van der Waals surface area contributed by atoms with Gasteiger partial charge in [-0.15, -0.1) is 0 Å². The van der Waals surface area contributed by atoms with Crippen LogP contribution in [0, 0.1) is 0 Å². The number of rotatable bonds is 0. The van der Waals surface area contributed by atoms with Gasteiger partial charge in [-0.1, -0.05) is 6.07 Å². The molecule has 1 aromatic heterocycles. The molecule has 0 radical (unpaired) electrons. The Morgan fingerprint density at radius 2 is 2.09 bits per heavy atom. The molecule has 0 fully saturated rings. The Balaban J connectivity index is 2.94. The van der Waals surface area contributed by atoms with Gasteiger partial charge in [-0.3, -0.25) is 2.78 Å². The van der Waals surface area contributed by atoms with E-state index in [0.717, 1.165) is 10.9 Å². The maximum atomic E-state index is 9.37. The second-order valence-electron chi connectivity index (χ2n) is 2.34. The van der Waals surface area contributed by atoms with E-state index in [0.29, 0.717) is 5.75 Å². The van der Waals surface area contributed by atoms with Gasteiger partial charge in [-0.25, -0.2) is 0 Å². The molecule has 0 bridgehead atoms. The molecule has 3 heteroatoms. The molecule has 0 unspecified atom stereocenters. The summed E-state index contributed by atoms with van der Waals surface area (Å²) in [4.78, 5) is 0. The van der Waals surface area contributed by atoms with Crippen LogP contribution in [-0.4, -0.2) is 7.89 Å². The normalized spacial score (nSPS) is 10.6. The monoisotopic (exact) mass is 259 g/mol. The molecule has 0 aliphatic rings. The quantitative estimate of drug-likeness (QED) is 0.722. The molecular weight excluding hydrogens is 253 g/mol. The van der Waals surface area contributed by atoms with Crippen molar-refractivity contribution in [3.63, 3.8) is 0 Å². The van der Waals surface area contributed by atoms with Crippen molar-refractivity contribution in [2.45, 2.75) is 0 Å². The van der Waals surface area contributed by atoms with Crippen LogP contribution in [0.1, 0.15) is 0 Å². The van der Waals surface area contributed by atoms with Crippen LogP contribution in [0.3, 0.4) is 0 Å². The average Bonchev–Trinajstić information content (AvgIpc) is 2.35. The Labute approximate surface area is 77.9 Å². The molecule has 11 heavy (non-hydrogen) atoms. The van der Waals surface area contributed by atoms with E-state index in [2.05, 4.69) is 22.9 Å². The van der Waals surface area contributed by atoms with Gasteiger partial charge < -0.3 is 5.11 Å². The highest BCUT2D eigenvalue weighted by molar-refractivity contribution is 14.1. The number of aromatic hydroxyl groups is 1. The lowest BCUT2D eigenvalue weighted by molar-refractivity contribution is 0.482. The van der Waals surface area contributed by atoms with Crippen LogP contribution in [-0.2, 0) is 0 Å². The van der Waals surface area contributed by atoms with E-state index >= 15 is 0 Å². The zero-order valence-electron chi connectivity index (χ0n) is 5.66. The SMILES string of the molecule is Oc1cccc2c1ccn2I. The summed E-state index contributed by atoms with van der Waals surface area (Å²) in [6.45, 7) is 0. The number of benzene rings is 1. The van der Waals surface area contributed by atoms with Crippen LogP contribution in [0.2, 0.25) is 0 Å². The number of hydrogen-bond donors (Lipinski definition) is 1. The number of halogens is 1. The summed E-state index contributed by atoms with van der Waals surface area (Å²) in [5.41, 5.74) is 1.05. The van der Waals surface area contributed by atoms with Crippen molar-refractivity contribution in [3.05, 3.63) is 30.5 Å². The third-order valence-corrected chi connectivity index (χ3v) is 2.50. The lowest BCUT2D eigenvalue weighted by Crippen LogP contribution is -1.73. The largest absolute Gasteiger partial charge is 0.507 e. The summed E-state index contributed by atoms with van der Waals surface area (Å²) in [5, 5.41) is 10.3. The van der Waals surface area contributed by atoms with Gasteiger partial charge in [-0.05, 0) is 18.2 Å². The Bertz CT molecular complexity index is 394. The zero-order chi connectivity index (χ0) is 7.84. The highest BCUT2D eigenvalue weighted by Crippen LogP contribution is 2.25. The van der Waals surface area contributed by atoms with Crippen LogP contribution in [0.5, 0.6) is 5.75 Å². The van der Waals surface area contributed by atoms with Gasteiger partial charge in [0.25, 0.3) is 0 Å². The molecule has 0 spiro atoms. The van der Waals surface area contributed by atoms with Crippen molar-refractivity contribution in [1.29, 1.82) is 0 Å². The molecule has 56 valence electrons. The number of phenolic OH excluding ortho intramolecular Hbond substituents is 1. The van der Waals surface area contributed by atoms with Crippen LogP contribution < -0.4 is 0 Å². The van der Waals surface area contributed by atoms with Gasteiger partial charge in [-0.2, -0.15) is 0 Å². The molecule has 0 aliphatic carbocycles. The summed E-state index contributed by atoms with van der Waals surface area (Å²) >= 11 is 2.18. The predicted octanol–water partition coefficient (Wildman–Crippen LogP) is 2.55. The molecule has 1 heterocycles. The summed E-state index contributed by atoms with van der Waals surface area (Å²) in [7, 11) is 0. The predicted molar refractivity (Wildman–Crippen MR) is 53.0 cm³/mol. The second kappa shape index (κ2) is 2.41. The van der Waals surface area contributed by atoms with E-state index in [1.165, 1.54) is 0 Å². The molecule has 0 atom stereocenters. The van der Waals surface area contributed by atoms with Crippen molar-refractivity contribution in [2.75, 3.05) is 0 Å². The first-order valence-electron chi connectivity index (χ1n) is 3.24. The first-order valence-corrected chi connectivity index (χ1v) is 4.21. The van der Waals surface area contributed by atoms with Crippen LogP contribution in [0.15, 0.2) is 30.5 Å². The third-order valence-electron chi connectivity index (χ3n) is 1.66. The van der Waals surface area contributed by atoms with E-state index in [-0.39, 0.29) is 0 Å². The second-order valence-corrected chi connectivity index (χ2v) is 3.38.